The largest absolute Gasteiger partial charge is 0.336 e. The average Bonchev–Trinajstić information content (AvgIpc) is 2.37. The van der Waals surface area contributed by atoms with E-state index in [9.17, 15) is 13.6 Å². The van der Waals surface area contributed by atoms with E-state index in [4.69, 9.17) is 0 Å². The predicted octanol–water partition coefficient (Wildman–Crippen LogP) is 3.00. The van der Waals surface area contributed by atoms with Gasteiger partial charge in [-0.1, -0.05) is 20.8 Å². The molecule has 0 N–H and O–H groups in total. The zero-order chi connectivity index (χ0) is 15.7. The summed E-state index contributed by atoms with van der Waals surface area (Å²) in [7, 11) is 0. The van der Waals surface area contributed by atoms with E-state index in [1.54, 1.807) is 0 Å². The van der Waals surface area contributed by atoms with E-state index in [-0.39, 0.29) is 29.4 Å². The molecule has 0 aromatic heterocycles. The van der Waals surface area contributed by atoms with Gasteiger partial charge in [-0.2, -0.15) is 0 Å². The van der Waals surface area contributed by atoms with Crippen molar-refractivity contribution in [1.82, 2.24) is 9.80 Å². The van der Waals surface area contributed by atoms with Gasteiger partial charge in [0.05, 0.1) is 13.1 Å². The molecule has 1 unspecified atom stereocenters. The summed E-state index contributed by atoms with van der Waals surface area (Å²) in [6.07, 6.45) is -1.73. The van der Waals surface area contributed by atoms with Gasteiger partial charge in [-0.25, -0.2) is 8.78 Å². The van der Waals surface area contributed by atoms with Gasteiger partial charge in [0.15, 0.2) is 0 Å². The summed E-state index contributed by atoms with van der Waals surface area (Å²) in [5.41, 5.74) is -0.150. The molecule has 1 saturated heterocycles. The van der Waals surface area contributed by atoms with Crippen molar-refractivity contribution in [1.29, 1.82) is 0 Å². The van der Waals surface area contributed by atoms with Gasteiger partial charge in [0.1, 0.15) is 0 Å². The molecular weight excluding hydrogens is 262 g/mol. The van der Waals surface area contributed by atoms with Gasteiger partial charge in [0, 0.05) is 18.1 Å². The van der Waals surface area contributed by atoms with Gasteiger partial charge >= 0.3 is 0 Å². The van der Waals surface area contributed by atoms with Crippen molar-refractivity contribution in [2.24, 2.45) is 5.41 Å². The minimum absolute atomic E-state index is 0.00833. The standard InChI is InChI=1S/C15H28F2N2O/c1-14(2,3)11-7-8-18(9-12(16)17)13(20)10-19(11)15(4,5)6/h11-12H,7-10H2,1-6H3. The number of alkyl halides is 2. The first-order valence-electron chi connectivity index (χ1n) is 7.25. The lowest BCUT2D eigenvalue weighted by Gasteiger charge is -2.45. The Morgan fingerprint density at radius 2 is 1.75 bits per heavy atom. The van der Waals surface area contributed by atoms with Crippen molar-refractivity contribution in [3.05, 3.63) is 0 Å². The molecule has 0 aromatic carbocycles. The lowest BCUT2D eigenvalue weighted by Crippen LogP contribution is -2.54. The molecule has 0 radical (unpaired) electrons. The topological polar surface area (TPSA) is 23.6 Å². The van der Waals surface area contributed by atoms with Gasteiger partial charge in [0.2, 0.25) is 5.91 Å². The van der Waals surface area contributed by atoms with Crippen LogP contribution in [0.25, 0.3) is 0 Å². The van der Waals surface area contributed by atoms with Crippen LogP contribution in [0.15, 0.2) is 0 Å². The third-order valence-corrected chi connectivity index (χ3v) is 3.93. The first-order valence-corrected chi connectivity index (χ1v) is 7.25. The Morgan fingerprint density at radius 1 is 1.20 bits per heavy atom. The smallest absolute Gasteiger partial charge is 0.255 e. The Morgan fingerprint density at radius 3 is 2.15 bits per heavy atom. The van der Waals surface area contributed by atoms with Crippen LogP contribution in [0.2, 0.25) is 0 Å². The summed E-state index contributed by atoms with van der Waals surface area (Å²) < 4.78 is 25.2. The number of amides is 1. The molecule has 1 aliphatic heterocycles. The van der Waals surface area contributed by atoms with E-state index in [0.717, 1.165) is 6.42 Å². The van der Waals surface area contributed by atoms with Crippen LogP contribution in [0.5, 0.6) is 0 Å². The number of carbonyl (C=O) groups excluding carboxylic acids is 1. The van der Waals surface area contributed by atoms with E-state index in [1.807, 2.05) is 0 Å². The van der Waals surface area contributed by atoms with Crippen LogP contribution in [0.3, 0.4) is 0 Å². The molecule has 0 aliphatic carbocycles. The van der Waals surface area contributed by atoms with Crippen LogP contribution in [0, 0.1) is 5.41 Å². The van der Waals surface area contributed by atoms with Crippen LogP contribution in [0.1, 0.15) is 48.0 Å². The molecule has 0 aromatic rings. The van der Waals surface area contributed by atoms with E-state index >= 15 is 0 Å². The fraction of sp³-hybridized carbons (Fsp3) is 0.933. The summed E-state index contributed by atoms with van der Waals surface area (Å²) in [6, 6.07) is 0.203. The van der Waals surface area contributed by atoms with Crippen molar-refractivity contribution in [2.75, 3.05) is 19.6 Å². The summed E-state index contributed by atoms with van der Waals surface area (Å²) in [6.45, 7) is 12.8. The second-order valence-electron chi connectivity index (χ2n) is 7.70. The zero-order valence-corrected chi connectivity index (χ0v) is 13.5. The van der Waals surface area contributed by atoms with E-state index in [0.29, 0.717) is 6.54 Å². The molecule has 1 atom stereocenters. The summed E-state index contributed by atoms with van der Waals surface area (Å²) in [5.74, 6) is -0.188. The molecule has 1 fully saturated rings. The fourth-order valence-corrected chi connectivity index (χ4v) is 2.88. The van der Waals surface area contributed by atoms with Crippen LogP contribution in [-0.2, 0) is 4.79 Å². The van der Waals surface area contributed by atoms with Gasteiger partial charge in [-0.15, -0.1) is 0 Å². The lowest BCUT2D eigenvalue weighted by atomic mass is 9.81. The van der Waals surface area contributed by atoms with E-state index in [2.05, 4.69) is 46.4 Å². The Kier molecular flexibility index (Phi) is 5.17. The molecular formula is C15H28F2N2O. The van der Waals surface area contributed by atoms with Gasteiger partial charge in [-0.3, -0.25) is 9.69 Å². The first kappa shape index (κ1) is 17.3. The summed E-state index contributed by atoms with van der Waals surface area (Å²) in [5, 5.41) is 0. The molecule has 1 heterocycles. The van der Waals surface area contributed by atoms with Crippen molar-refractivity contribution in [3.63, 3.8) is 0 Å². The third-order valence-electron chi connectivity index (χ3n) is 3.93. The minimum Gasteiger partial charge on any atom is -0.336 e. The molecule has 118 valence electrons. The number of hydrogen-bond donors (Lipinski definition) is 0. The van der Waals surface area contributed by atoms with Gasteiger partial charge in [0.25, 0.3) is 6.43 Å². The second-order valence-corrected chi connectivity index (χ2v) is 7.70. The zero-order valence-electron chi connectivity index (χ0n) is 13.5. The maximum Gasteiger partial charge on any atom is 0.255 e. The fourth-order valence-electron chi connectivity index (χ4n) is 2.88. The maximum atomic E-state index is 12.6. The average molecular weight is 290 g/mol. The van der Waals surface area contributed by atoms with Gasteiger partial charge < -0.3 is 4.90 Å². The Hall–Kier alpha value is -0.710. The van der Waals surface area contributed by atoms with E-state index in [1.165, 1.54) is 4.90 Å². The lowest BCUT2D eigenvalue weighted by molar-refractivity contribution is -0.134. The summed E-state index contributed by atoms with van der Waals surface area (Å²) in [4.78, 5) is 15.7. The minimum atomic E-state index is -2.46. The number of rotatable bonds is 2. The predicted molar refractivity (Wildman–Crippen MR) is 76.9 cm³/mol. The highest BCUT2D eigenvalue weighted by molar-refractivity contribution is 5.78. The van der Waals surface area contributed by atoms with Gasteiger partial charge in [-0.05, 0) is 32.6 Å². The van der Waals surface area contributed by atoms with Crippen molar-refractivity contribution < 1.29 is 13.6 Å². The summed E-state index contributed by atoms with van der Waals surface area (Å²) >= 11 is 0. The number of carbonyl (C=O) groups is 1. The molecule has 1 amide bonds. The molecule has 0 bridgehead atoms. The van der Waals surface area contributed by atoms with Crippen LogP contribution < -0.4 is 0 Å². The van der Waals surface area contributed by atoms with Crippen LogP contribution in [0.4, 0.5) is 8.78 Å². The quantitative estimate of drug-likeness (QED) is 0.780. The Bertz CT molecular complexity index is 345. The first-order chi connectivity index (χ1) is 8.93. The number of nitrogens with zero attached hydrogens (tertiary/aromatic N) is 2. The molecule has 1 rings (SSSR count). The Balaban J connectivity index is 3.00. The van der Waals surface area contributed by atoms with Crippen molar-refractivity contribution >= 4 is 5.91 Å². The van der Waals surface area contributed by atoms with Crippen LogP contribution in [-0.4, -0.2) is 53.3 Å². The molecule has 3 nitrogen and oxygen atoms in total. The maximum absolute atomic E-state index is 12.6. The molecule has 20 heavy (non-hydrogen) atoms. The SMILES string of the molecule is CC(C)(C)C1CCN(CC(F)F)C(=O)CN1C(C)(C)C. The van der Waals surface area contributed by atoms with Crippen molar-refractivity contribution in [3.8, 4) is 0 Å². The third kappa shape index (κ3) is 4.40. The van der Waals surface area contributed by atoms with Crippen molar-refractivity contribution in [2.45, 2.75) is 66.0 Å². The van der Waals surface area contributed by atoms with E-state index < -0.39 is 13.0 Å². The molecule has 0 saturated carbocycles. The number of hydrogen-bond acceptors (Lipinski definition) is 2. The van der Waals surface area contributed by atoms with Crippen LogP contribution >= 0.6 is 0 Å². The monoisotopic (exact) mass is 290 g/mol. The highest BCUT2D eigenvalue weighted by atomic mass is 19.3. The highest BCUT2D eigenvalue weighted by Crippen LogP contribution is 2.33. The Labute approximate surface area is 121 Å². The normalized spacial score (nSPS) is 23.4. The molecule has 0 spiro atoms. The molecule has 1 aliphatic rings. The number of halogens is 2. The second kappa shape index (κ2) is 5.96. The highest BCUT2D eigenvalue weighted by Gasteiger charge is 2.40. The molecule has 5 heteroatoms.